The number of benzene rings is 1. The summed E-state index contributed by atoms with van der Waals surface area (Å²) in [5.41, 5.74) is 0.956. The van der Waals surface area contributed by atoms with Crippen molar-refractivity contribution in [3.63, 3.8) is 0 Å². The Morgan fingerprint density at radius 1 is 1.13 bits per heavy atom. The first kappa shape index (κ1) is 22.1. The molecule has 4 rings (SSSR count). The van der Waals surface area contributed by atoms with Crippen LogP contribution < -0.4 is 4.74 Å². The number of rotatable bonds is 7. The van der Waals surface area contributed by atoms with Gasteiger partial charge in [-0.25, -0.2) is 0 Å². The van der Waals surface area contributed by atoms with Gasteiger partial charge in [0.25, 0.3) is 0 Å². The molecule has 164 valence electrons. The summed E-state index contributed by atoms with van der Waals surface area (Å²) in [5.74, 6) is 2.05. The lowest BCUT2D eigenvalue weighted by Gasteiger charge is -2.34. The van der Waals surface area contributed by atoms with E-state index in [2.05, 4.69) is 21.2 Å². The first-order valence-electron chi connectivity index (χ1n) is 9.94. The standard InChI is InChI=1S/C21H24ClN5O2S2/c1-25-20(15-3-5-16(29-2)6-4-15)23-24-21(25)30-14-19(28)27-11-9-26(10-12-27)13-17-7-8-18(22)31-17/h3-8H,9-14H2,1-2H3. The van der Waals surface area contributed by atoms with Gasteiger partial charge in [0, 0.05) is 50.2 Å². The van der Waals surface area contributed by atoms with Crippen LogP contribution >= 0.6 is 34.7 Å². The number of nitrogens with zero attached hydrogens (tertiary/aromatic N) is 5. The average Bonchev–Trinajstić information content (AvgIpc) is 3.37. The quantitative estimate of drug-likeness (QED) is 0.484. The minimum Gasteiger partial charge on any atom is -0.497 e. The lowest BCUT2D eigenvalue weighted by molar-refractivity contribution is -0.130. The van der Waals surface area contributed by atoms with E-state index in [4.69, 9.17) is 16.3 Å². The zero-order valence-corrected chi connectivity index (χ0v) is 19.8. The van der Waals surface area contributed by atoms with E-state index < -0.39 is 0 Å². The van der Waals surface area contributed by atoms with Crippen molar-refractivity contribution >= 4 is 40.6 Å². The monoisotopic (exact) mass is 477 g/mol. The van der Waals surface area contributed by atoms with Crippen molar-refractivity contribution in [1.82, 2.24) is 24.6 Å². The molecule has 0 bridgehead atoms. The van der Waals surface area contributed by atoms with Gasteiger partial charge < -0.3 is 14.2 Å². The number of piperazine rings is 1. The van der Waals surface area contributed by atoms with Crippen LogP contribution in [-0.4, -0.2) is 69.5 Å². The highest BCUT2D eigenvalue weighted by Crippen LogP contribution is 2.25. The van der Waals surface area contributed by atoms with Gasteiger partial charge in [-0.3, -0.25) is 9.69 Å². The van der Waals surface area contributed by atoms with E-state index in [1.165, 1.54) is 16.6 Å². The number of carbonyl (C=O) groups is 1. The van der Waals surface area contributed by atoms with Crippen LogP contribution in [0.3, 0.4) is 0 Å². The van der Waals surface area contributed by atoms with E-state index >= 15 is 0 Å². The molecule has 1 amide bonds. The molecule has 0 saturated carbocycles. The van der Waals surface area contributed by atoms with Gasteiger partial charge >= 0.3 is 0 Å². The van der Waals surface area contributed by atoms with Crippen LogP contribution in [-0.2, 0) is 18.4 Å². The number of thioether (sulfide) groups is 1. The van der Waals surface area contributed by atoms with Crippen LogP contribution in [0.25, 0.3) is 11.4 Å². The average molecular weight is 478 g/mol. The summed E-state index contributed by atoms with van der Waals surface area (Å²) in [6, 6.07) is 11.7. The Balaban J connectivity index is 1.28. The Morgan fingerprint density at radius 2 is 1.87 bits per heavy atom. The van der Waals surface area contributed by atoms with Crippen molar-refractivity contribution in [1.29, 1.82) is 0 Å². The van der Waals surface area contributed by atoms with Crippen molar-refractivity contribution < 1.29 is 9.53 Å². The van der Waals surface area contributed by atoms with Gasteiger partial charge in [-0.2, -0.15) is 0 Å². The second-order valence-corrected chi connectivity index (χ2v) is 9.99. The van der Waals surface area contributed by atoms with Gasteiger partial charge in [0.05, 0.1) is 17.2 Å². The number of hydrogen-bond donors (Lipinski definition) is 0. The fraction of sp³-hybridized carbons (Fsp3) is 0.381. The first-order chi connectivity index (χ1) is 15.0. The Hall–Kier alpha value is -2.07. The van der Waals surface area contributed by atoms with E-state index in [9.17, 15) is 4.79 Å². The van der Waals surface area contributed by atoms with Gasteiger partial charge in [-0.1, -0.05) is 23.4 Å². The fourth-order valence-electron chi connectivity index (χ4n) is 3.46. The molecule has 3 heterocycles. The first-order valence-corrected chi connectivity index (χ1v) is 12.1. The van der Waals surface area contributed by atoms with Gasteiger partial charge in [0.2, 0.25) is 5.91 Å². The Morgan fingerprint density at radius 3 is 2.52 bits per heavy atom. The lowest BCUT2D eigenvalue weighted by atomic mass is 10.2. The van der Waals surface area contributed by atoms with Crippen LogP contribution in [0.15, 0.2) is 41.6 Å². The predicted molar refractivity (Wildman–Crippen MR) is 125 cm³/mol. The van der Waals surface area contributed by atoms with Crippen LogP contribution in [0.5, 0.6) is 5.75 Å². The maximum atomic E-state index is 12.7. The second kappa shape index (κ2) is 10.0. The summed E-state index contributed by atoms with van der Waals surface area (Å²) in [6.07, 6.45) is 0. The number of thiophene rings is 1. The largest absolute Gasteiger partial charge is 0.497 e. The van der Waals surface area contributed by atoms with Gasteiger partial charge in [-0.15, -0.1) is 21.5 Å². The number of amides is 1. The van der Waals surface area contributed by atoms with E-state index in [0.717, 1.165) is 59.4 Å². The molecule has 1 aliphatic heterocycles. The molecule has 0 radical (unpaired) electrons. The SMILES string of the molecule is COc1ccc(-c2nnc(SCC(=O)N3CCN(Cc4ccc(Cl)s4)CC3)n2C)cc1. The molecule has 10 heteroatoms. The van der Waals surface area contributed by atoms with Crippen molar-refractivity contribution in [3.8, 4) is 17.1 Å². The van der Waals surface area contributed by atoms with Gasteiger partial charge in [-0.05, 0) is 36.4 Å². The third kappa shape index (κ3) is 5.41. The Kier molecular flexibility index (Phi) is 7.16. The molecular formula is C21H24ClN5O2S2. The number of aromatic nitrogens is 3. The molecule has 1 saturated heterocycles. The summed E-state index contributed by atoms with van der Waals surface area (Å²) in [4.78, 5) is 18.3. The van der Waals surface area contributed by atoms with E-state index in [-0.39, 0.29) is 5.91 Å². The maximum absolute atomic E-state index is 12.7. The van der Waals surface area contributed by atoms with E-state index in [1.54, 1.807) is 18.4 Å². The molecule has 2 aromatic heterocycles. The van der Waals surface area contributed by atoms with Gasteiger partial charge in [0.15, 0.2) is 11.0 Å². The molecule has 0 N–H and O–H groups in total. The van der Waals surface area contributed by atoms with Gasteiger partial charge in [0.1, 0.15) is 5.75 Å². The summed E-state index contributed by atoms with van der Waals surface area (Å²) in [5, 5.41) is 9.29. The molecule has 1 aliphatic rings. The minimum absolute atomic E-state index is 0.137. The number of methoxy groups -OCH3 is 1. The minimum atomic E-state index is 0.137. The summed E-state index contributed by atoms with van der Waals surface area (Å²) in [6.45, 7) is 4.12. The summed E-state index contributed by atoms with van der Waals surface area (Å²) >= 11 is 9.06. The van der Waals surface area contributed by atoms with Crippen molar-refractivity contribution in [2.45, 2.75) is 11.7 Å². The zero-order chi connectivity index (χ0) is 21.8. The molecule has 0 atom stereocenters. The van der Waals surface area contributed by atoms with E-state index in [0.29, 0.717) is 5.75 Å². The smallest absolute Gasteiger partial charge is 0.233 e. The number of hydrogen-bond acceptors (Lipinski definition) is 7. The lowest BCUT2D eigenvalue weighted by Crippen LogP contribution is -2.48. The third-order valence-corrected chi connectivity index (χ3v) is 7.46. The highest BCUT2D eigenvalue weighted by Gasteiger charge is 2.22. The van der Waals surface area contributed by atoms with Crippen LogP contribution in [0, 0.1) is 0 Å². The molecule has 0 spiro atoms. The van der Waals surface area contributed by atoms with Crippen molar-refractivity contribution in [2.24, 2.45) is 7.05 Å². The highest BCUT2D eigenvalue weighted by atomic mass is 35.5. The molecular weight excluding hydrogens is 454 g/mol. The van der Waals surface area contributed by atoms with Crippen LogP contribution in [0.2, 0.25) is 4.34 Å². The molecule has 31 heavy (non-hydrogen) atoms. The normalized spacial score (nSPS) is 14.7. The molecule has 3 aromatic rings. The zero-order valence-electron chi connectivity index (χ0n) is 17.5. The summed E-state index contributed by atoms with van der Waals surface area (Å²) in [7, 11) is 3.56. The number of halogens is 1. The Bertz CT molecular complexity index is 1030. The topological polar surface area (TPSA) is 63.5 Å². The van der Waals surface area contributed by atoms with Crippen LogP contribution in [0.4, 0.5) is 0 Å². The highest BCUT2D eigenvalue weighted by molar-refractivity contribution is 7.99. The second-order valence-electron chi connectivity index (χ2n) is 7.25. The maximum Gasteiger partial charge on any atom is 0.233 e. The molecule has 0 unspecified atom stereocenters. The molecule has 7 nitrogen and oxygen atoms in total. The number of carbonyl (C=O) groups excluding carboxylic acids is 1. The summed E-state index contributed by atoms with van der Waals surface area (Å²) < 4.78 is 7.94. The van der Waals surface area contributed by atoms with E-state index in [1.807, 2.05) is 46.8 Å². The Labute approximate surface area is 195 Å². The molecule has 1 fully saturated rings. The van der Waals surface area contributed by atoms with Crippen molar-refractivity contribution in [3.05, 3.63) is 45.6 Å². The molecule has 0 aliphatic carbocycles. The fourth-order valence-corrected chi connectivity index (χ4v) is 5.41. The van der Waals surface area contributed by atoms with Crippen LogP contribution in [0.1, 0.15) is 4.88 Å². The predicted octanol–water partition coefficient (Wildman–Crippen LogP) is 3.64. The molecule has 1 aromatic carbocycles. The third-order valence-electron chi connectivity index (χ3n) is 5.24. The van der Waals surface area contributed by atoms with Crippen molar-refractivity contribution in [2.75, 3.05) is 39.0 Å². The number of ether oxygens (including phenoxy) is 1.